The number of nitrogens with zero attached hydrogens (tertiary/aromatic N) is 1. The van der Waals surface area contributed by atoms with Gasteiger partial charge in [0, 0.05) is 12.6 Å². The average molecular weight is 479 g/mol. The van der Waals surface area contributed by atoms with Gasteiger partial charge in [0.15, 0.2) is 0 Å². The Kier molecular flexibility index (Phi) is 8.94. The van der Waals surface area contributed by atoms with Gasteiger partial charge in [0.25, 0.3) is 0 Å². The lowest BCUT2D eigenvalue weighted by Gasteiger charge is -2.33. The predicted molar refractivity (Wildman–Crippen MR) is 126 cm³/mol. The van der Waals surface area contributed by atoms with E-state index < -0.39 is 11.9 Å². The Morgan fingerprint density at radius 2 is 1.81 bits per heavy atom. The Bertz CT molecular complexity index is 947. The molecule has 2 amide bonds. The fourth-order valence-electron chi connectivity index (χ4n) is 4.20. The summed E-state index contributed by atoms with van der Waals surface area (Å²) in [6.45, 7) is 2.06. The molecule has 1 aliphatic carbocycles. The van der Waals surface area contributed by atoms with Crippen LogP contribution in [0.3, 0.4) is 0 Å². The molecule has 172 valence electrons. The molecule has 1 saturated carbocycles. The maximum atomic E-state index is 14.2. The second-order valence-corrected chi connectivity index (χ2v) is 9.12. The minimum absolute atomic E-state index is 0.124. The second kappa shape index (κ2) is 11.7. The summed E-state index contributed by atoms with van der Waals surface area (Å²) in [5.41, 5.74) is 1.06. The Morgan fingerprint density at radius 3 is 2.47 bits per heavy atom. The standard InChI is InChI=1S/C25H29Cl2FN2O2/c1-2-23(25(32)29-19-9-4-3-5-10-19)30(16-17-12-13-20(26)21(27)14-17)24(31)15-18-8-6-7-11-22(18)28/h6-8,11-14,19,23H,2-5,9-10,15-16H2,1H3,(H,29,32)/t23-/m1/s1. The first kappa shape index (κ1) is 24.5. The largest absolute Gasteiger partial charge is 0.352 e. The summed E-state index contributed by atoms with van der Waals surface area (Å²) in [5.74, 6) is -0.914. The van der Waals surface area contributed by atoms with Crippen LogP contribution in [0.15, 0.2) is 42.5 Å². The molecule has 1 fully saturated rings. The number of hydrogen-bond acceptors (Lipinski definition) is 2. The first-order chi connectivity index (χ1) is 15.4. The van der Waals surface area contributed by atoms with E-state index in [4.69, 9.17) is 23.2 Å². The average Bonchev–Trinajstić information content (AvgIpc) is 2.78. The molecule has 0 spiro atoms. The van der Waals surface area contributed by atoms with Crippen LogP contribution in [0.2, 0.25) is 10.0 Å². The first-order valence-corrected chi connectivity index (χ1v) is 11.9. The monoisotopic (exact) mass is 478 g/mol. The molecule has 2 aromatic rings. The van der Waals surface area contributed by atoms with Crippen LogP contribution in [0.4, 0.5) is 4.39 Å². The van der Waals surface area contributed by atoms with E-state index in [-0.39, 0.29) is 30.8 Å². The summed E-state index contributed by atoms with van der Waals surface area (Å²) in [6.07, 6.45) is 5.62. The molecule has 2 aromatic carbocycles. The van der Waals surface area contributed by atoms with Gasteiger partial charge in [0.2, 0.25) is 11.8 Å². The van der Waals surface area contributed by atoms with Gasteiger partial charge >= 0.3 is 0 Å². The van der Waals surface area contributed by atoms with Crippen molar-refractivity contribution in [3.63, 3.8) is 0 Å². The van der Waals surface area contributed by atoms with Crippen molar-refractivity contribution in [2.45, 2.75) is 70.5 Å². The van der Waals surface area contributed by atoms with Crippen LogP contribution in [0.25, 0.3) is 0 Å². The van der Waals surface area contributed by atoms with Crippen LogP contribution in [0, 0.1) is 5.82 Å². The lowest BCUT2D eigenvalue weighted by Crippen LogP contribution is -2.52. The molecule has 3 rings (SSSR count). The maximum absolute atomic E-state index is 14.2. The fourth-order valence-corrected chi connectivity index (χ4v) is 4.53. The number of carbonyl (C=O) groups excluding carboxylic acids is 2. The van der Waals surface area contributed by atoms with Crippen LogP contribution in [0.5, 0.6) is 0 Å². The lowest BCUT2D eigenvalue weighted by atomic mass is 9.95. The Labute approximate surface area is 199 Å². The van der Waals surface area contributed by atoms with E-state index in [1.165, 1.54) is 17.4 Å². The zero-order valence-electron chi connectivity index (χ0n) is 18.3. The molecule has 7 heteroatoms. The minimum atomic E-state index is -0.661. The number of halogens is 3. The van der Waals surface area contributed by atoms with Crippen molar-refractivity contribution in [1.82, 2.24) is 10.2 Å². The summed E-state index contributed by atoms with van der Waals surface area (Å²) in [6, 6.07) is 10.8. The Morgan fingerprint density at radius 1 is 1.09 bits per heavy atom. The topological polar surface area (TPSA) is 49.4 Å². The van der Waals surface area contributed by atoms with Crippen molar-refractivity contribution >= 4 is 35.0 Å². The van der Waals surface area contributed by atoms with Gasteiger partial charge in [-0.1, -0.05) is 73.7 Å². The van der Waals surface area contributed by atoms with Crippen molar-refractivity contribution in [2.75, 3.05) is 0 Å². The molecule has 0 bridgehead atoms. The molecule has 1 N–H and O–H groups in total. The third-order valence-corrected chi connectivity index (χ3v) is 6.71. The molecule has 0 unspecified atom stereocenters. The smallest absolute Gasteiger partial charge is 0.243 e. The lowest BCUT2D eigenvalue weighted by molar-refractivity contribution is -0.141. The van der Waals surface area contributed by atoms with E-state index in [0.29, 0.717) is 22.0 Å². The van der Waals surface area contributed by atoms with Crippen molar-refractivity contribution in [2.24, 2.45) is 0 Å². The SMILES string of the molecule is CC[C@H](C(=O)NC1CCCCC1)N(Cc1ccc(Cl)c(Cl)c1)C(=O)Cc1ccccc1F. The van der Waals surface area contributed by atoms with Crippen molar-refractivity contribution in [1.29, 1.82) is 0 Å². The van der Waals surface area contributed by atoms with Gasteiger partial charge in [-0.3, -0.25) is 9.59 Å². The summed E-state index contributed by atoms with van der Waals surface area (Å²) in [5, 5.41) is 3.93. The Balaban J connectivity index is 1.84. The van der Waals surface area contributed by atoms with Crippen LogP contribution in [0.1, 0.15) is 56.6 Å². The highest BCUT2D eigenvalue weighted by atomic mass is 35.5. The molecule has 0 aliphatic heterocycles. The van der Waals surface area contributed by atoms with Crippen molar-refractivity contribution in [3.8, 4) is 0 Å². The number of nitrogens with one attached hydrogen (secondary N) is 1. The van der Waals surface area contributed by atoms with E-state index in [2.05, 4.69) is 5.32 Å². The molecule has 4 nitrogen and oxygen atoms in total. The van der Waals surface area contributed by atoms with E-state index in [1.54, 1.807) is 36.4 Å². The number of benzene rings is 2. The van der Waals surface area contributed by atoms with Crippen LogP contribution < -0.4 is 5.32 Å². The number of carbonyl (C=O) groups is 2. The number of hydrogen-bond donors (Lipinski definition) is 1. The quantitative estimate of drug-likeness (QED) is 0.510. The first-order valence-electron chi connectivity index (χ1n) is 11.2. The normalized spacial score (nSPS) is 15.2. The molecular formula is C25H29Cl2FN2O2. The fraction of sp³-hybridized carbons (Fsp3) is 0.440. The van der Waals surface area contributed by atoms with Crippen LogP contribution >= 0.6 is 23.2 Å². The number of rotatable bonds is 8. The molecule has 1 aliphatic rings. The van der Waals surface area contributed by atoms with Crippen molar-refractivity contribution in [3.05, 3.63) is 69.5 Å². The van der Waals surface area contributed by atoms with Gasteiger partial charge in [-0.05, 0) is 48.6 Å². The highest BCUT2D eigenvalue weighted by Gasteiger charge is 2.30. The molecule has 32 heavy (non-hydrogen) atoms. The van der Waals surface area contributed by atoms with Gasteiger partial charge in [0.1, 0.15) is 11.9 Å². The number of amides is 2. The molecule has 0 radical (unpaired) electrons. The Hall–Kier alpha value is -2.11. The summed E-state index contributed by atoms with van der Waals surface area (Å²) in [7, 11) is 0. The van der Waals surface area contributed by atoms with Crippen LogP contribution in [-0.4, -0.2) is 28.8 Å². The van der Waals surface area contributed by atoms with Crippen molar-refractivity contribution < 1.29 is 14.0 Å². The van der Waals surface area contributed by atoms with Crippen LogP contribution in [-0.2, 0) is 22.6 Å². The van der Waals surface area contributed by atoms with E-state index in [0.717, 1.165) is 31.2 Å². The predicted octanol–water partition coefficient (Wildman–Crippen LogP) is 5.93. The van der Waals surface area contributed by atoms with Gasteiger partial charge < -0.3 is 10.2 Å². The molecular weight excluding hydrogens is 450 g/mol. The van der Waals surface area contributed by atoms with E-state index in [1.807, 2.05) is 6.92 Å². The zero-order valence-corrected chi connectivity index (χ0v) is 19.8. The minimum Gasteiger partial charge on any atom is -0.352 e. The third-order valence-electron chi connectivity index (χ3n) is 5.97. The summed E-state index contributed by atoms with van der Waals surface area (Å²) in [4.78, 5) is 28.1. The molecule has 0 aromatic heterocycles. The summed E-state index contributed by atoms with van der Waals surface area (Å²) < 4.78 is 14.2. The van der Waals surface area contributed by atoms with Gasteiger partial charge in [-0.2, -0.15) is 0 Å². The highest BCUT2D eigenvalue weighted by molar-refractivity contribution is 6.42. The molecule has 0 saturated heterocycles. The van der Waals surface area contributed by atoms with Gasteiger partial charge in [-0.15, -0.1) is 0 Å². The van der Waals surface area contributed by atoms with Gasteiger partial charge in [-0.25, -0.2) is 4.39 Å². The third kappa shape index (κ3) is 6.46. The highest BCUT2D eigenvalue weighted by Crippen LogP contribution is 2.25. The maximum Gasteiger partial charge on any atom is 0.243 e. The molecule has 0 heterocycles. The second-order valence-electron chi connectivity index (χ2n) is 8.31. The van der Waals surface area contributed by atoms with E-state index >= 15 is 0 Å². The van der Waals surface area contributed by atoms with Gasteiger partial charge in [0.05, 0.1) is 16.5 Å². The summed E-state index contributed by atoms with van der Waals surface area (Å²) >= 11 is 12.2. The van der Waals surface area contributed by atoms with E-state index in [9.17, 15) is 14.0 Å². The zero-order chi connectivity index (χ0) is 23.1. The molecule has 1 atom stereocenters.